The molecule has 0 spiro atoms. The number of ether oxygens (including phenoxy) is 1. The molecule has 0 aromatic rings. The third-order valence-electron chi connectivity index (χ3n) is 3.26. The monoisotopic (exact) mass is 242 g/mol. The van der Waals surface area contributed by atoms with E-state index in [0.29, 0.717) is 13.1 Å². The van der Waals surface area contributed by atoms with Gasteiger partial charge in [-0.3, -0.25) is 4.79 Å². The van der Waals surface area contributed by atoms with Crippen LogP contribution < -0.4 is 5.32 Å². The zero-order valence-corrected chi connectivity index (χ0v) is 9.94. The van der Waals surface area contributed by atoms with Crippen molar-refractivity contribution in [2.75, 3.05) is 26.2 Å². The van der Waals surface area contributed by atoms with Crippen molar-refractivity contribution in [1.29, 1.82) is 0 Å². The molecule has 6 nitrogen and oxygen atoms in total. The second kappa shape index (κ2) is 4.62. The molecule has 1 amide bonds. The van der Waals surface area contributed by atoms with Gasteiger partial charge in [0.25, 0.3) is 0 Å². The van der Waals surface area contributed by atoms with E-state index in [2.05, 4.69) is 5.32 Å². The van der Waals surface area contributed by atoms with Crippen LogP contribution in [-0.2, 0) is 14.3 Å². The molecule has 17 heavy (non-hydrogen) atoms. The van der Waals surface area contributed by atoms with E-state index in [1.807, 2.05) is 6.92 Å². The van der Waals surface area contributed by atoms with Crippen molar-refractivity contribution in [3.05, 3.63) is 0 Å². The molecule has 2 aliphatic rings. The number of carboxylic acids is 1. The zero-order chi connectivity index (χ0) is 12.5. The molecule has 0 saturated carbocycles. The van der Waals surface area contributed by atoms with Crippen molar-refractivity contribution in [2.45, 2.75) is 31.4 Å². The van der Waals surface area contributed by atoms with Crippen LogP contribution in [0, 0.1) is 0 Å². The minimum absolute atomic E-state index is 0.0565. The Morgan fingerprint density at radius 3 is 2.76 bits per heavy atom. The number of amides is 1. The molecule has 6 heteroatoms. The average Bonchev–Trinajstić information content (AvgIpc) is 2.74. The Labute approximate surface area is 99.9 Å². The number of carboxylic acid groups (broad SMARTS) is 1. The molecule has 0 bridgehead atoms. The predicted octanol–water partition coefficient (Wildman–Crippen LogP) is -0.559. The summed E-state index contributed by atoms with van der Waals surface area (Å²) in [5, 5.41) is 11.7. The molecule has 1 atom stereocenters. The molecule has 0 aromatic heterocycles. The van der Waals surface area contributed by atoms with Gasteiger partial charge in [-0.1, -0.05) is 0 Å². The van der Waals surface area contributed by atoms with Gasteiger partial charge >= 0.3 is 5.97 Å². The molecule has 2 heterocycles. The first kappa shape index (κ1) is 12.3. The standard InChI is InChI=1S/C11H18N2O4/c1-11(17-5-9(14)15)6-13(7-11)10(16)8-3-2-4-12-8/h8,12H,2-7H2,1H3,(H,14,15). The summed E-state index contributed by atoms with van der Waals surface area (Å²) in [5.41, 5.74) is -0.493. The van der Waals surface area contributed by atoms with Crippen LogP contribution in [0.15, 0.2) is 0 Å². The molecule has 0 radical (unpaired) electrons. The second-order valence-electron chi connectivity index (χ2n) is 4.98. The number of nitrogens with zero attached hydrogens (tertiary/aromatic N) is 1. The van der Waals surface area contributed by atoms with E-state index in [-0.39, 0.29) is 18.6 Å². The highest BCUT2D eigenvalue weighted by atomic mass is 16.5. The fraction of sp³-hybridized carbons (Fsp3) is 0.818. The number of carbonyl (C=O) groups is 2. The SMILES string of the molecule is CC1(OCC(=O)O)CN(C(=O)C2CCCN2)C1. The number of hydrogen-bond acceptors (Lipinski definition) is 4. The molecular formula is C11H18N2O4. The minimum atomic E-state index is -0.978. The fourth-order valence-corrected chi connectivity index (χ4v) is 2.36. The molecule has 2 aliphatic heterocycles. The molecular weight excluding hydrogens is 224 g/mol. The molecule has 2 saturated heterocycles. The first-order chi connectivity index (χ1) is 8.00. The lowest BCUT2D eigenvalue weighted by atomic mass is 9.95. The fourth-order valence-electron chi connectivity index (χ4n) is 2.36. The van der Waals surface area contributed by atoms with Crippen LogP contribution in [0.25, 0.3) is 0 Å². The van der Waals surface area contributed by atoms with Gasteiger partial charge < -0.3 is 20.1 Å². The van der Waals surface area contributed by atoms with Gasteiger partial charge in [-0.2, -0.15) is 0 Å². The maximum Gasteiger partial charge on any atom is 0.329 e. The third-order valence-corrected chi connectivity index (χ3v) is 3.26. The largest absolute Gasteiger partial charge is 0.480 e. The zero-order valence-electron chi connectivity index (χ0n) is 9.94. The molecule has 1 unspecified atom stereocenters. The second-order valence-corrected chi connectivity index (χ2v) is 4.98. The van der Waals surface area contributed by atoms with E-state index in [1.54, 1.807) is 4.90 Å². The van der Waals surface area contributed by atoms with Crippen LogP contribution >= 0.6 is 0 Å². The van der Waals surface area contributed by atoms with Gasteiger partial charge in [0.1, 0.15) is 12.2 Å². The Balaban J connectivity index is 1.77. The van der Waals surface area contributed by atoms with Crippen molar-refractivity contribution in [3.8, 4) is 0 Å². The lowest BCUT2D eigenvalue weighted by Gasteiger charge is -2.48. The van der Waals surface area contributed by atoms with Crippen LogP contribution in [0.4, 0.5) is 0 Å². The van der Waals surface area contributed by atoms with E-state index in [9.17, 15) is 9.59 Å². The van der Waals surface area contributed by atoms with Gasteiger partial charge in [0.2, 0.25) is 5.91 Å². The number of likely N-dealkylation sites (tertiary alicyclic amines) is 1. The van der Waals surface area contributed by atoms with E-state index < -0.39 is 11.6 Å². The summed E-state index contributed by atoms with van der Waals surface area (Å²) in [6.07, 6.45) is 1.93. The van der Waals surface area contributed by atoms with Gasteiger partial charge in [0.15, 0.2) is 0 Å². The molecule has 2 rings (SSSR count). The Kier molecular flexibility index (Phi) is 3.35. The number of carbonyl (C=O) groups excluding carboxylic acids is 1. The lowest BCUT2D eigenvalue weighted by molar-refractivity contribution is -0.174. The predicted molar refractivity (Wildman–Crippen MR) is 59.6 cm³/mol. The van der Waals surface area contributed by atoms with E-state index >= 15 is 0 Å². The third kappa shape index (κ3) is 2.76. The number of rotatable bonds is 4. The summed E-state index contributed by atoms with van der Waals surface area (Å²) in [6.45, 7) is 3.40. The number of nitrogens with one attached hydrogen (secondary N) is 1. The molecule has 2 N–H and O–H groups in total. The summed E-state index contributed by atoms with van der Waals surface area (Å²) >= 11 is 0. The first-order valence-corrected chi connectivity index (χ1v) is 5.88. The van der Waals surface area contributed by atoms with Gasteiger partial charge in [0.05, 0.1) is 19.1 Å². The maximum atomic E-state index is 11.9. The summed E-state index contributed by atoms with van der Waals surface area (Å²) < 4.78 is 5.26. The highest BCUT2D eigenvalue weighted by Crippen LogP contribution is 2.26. The van der Waals surface area contributed by atoms with Crippen molar-refractivity contribution in [2.24, 2.45) is 0 Å². The Hall–Kier alpha value is -1.14. The van der Waals surface area contributed by atoms with Crippen LogP contribution in [0.5, 0.6) is 0 Å². The average molecular weight is 242 g/mol. The van der Waals surface area contributed by atoms with Gasteiger partial charge in [0, 0.05) is 0 Å². The Morgan fingerprint density at radius 2 is 2.24 bits per heavy atom. The summed E-state index contributed by atoms with van der Waals surface area (Å²) in [7, 11) is 0. The van der Waals surface area contributed by atoms with Gasteiger partial charge in [-0.25, -0.2) is 4.79 Å². The van der Waals surface area contributed by atoms with Crippen LogP contribution in [0.1, 0.15) is 19.8 Å². The van der Waals surface area contributed by atoms with Crippen LogP contribution in [0.3, 0.4) is 0 Å². The summed E-state index contributed by atoms with van der Waals surface area (Å²) in [5.74, 6) is -0.868. The minimum Gasteiger partial charge on any atom is -0.480 e. The number of aliphatic carboxylic acids is 1. The Morgan fingerprint density at radius 1 is 1.53 bits per heavy atom. The summed E-state index contributed by atoms with van der Waals surface area (Å²) in [6, 6.07) is -0.0565. The van der Waals surface area contributed by atoms with E-state index in [1.165, 1.54) is 0 Å². The van der Waals surface area contributed by atoms with E-state index in [4.69, 9.17) is 9.84 Å². The van der Waals surface area contributed by atoms with Crippen LogP contribution in [-0.4, -0.2) is 59.8 Å². The molecule has 2 fully saturated rings. The molecule has 0 aliphatic carbocycles. The van der Waals surface area contributed by atoms with Crippen molar-refractivity contribution < 1.29 is 19.4 Å². The normalized spacial score (nSPS) is 26.6. The Bertz CT molecular complexity index is 319. The molecule has 96 valence electrons. The topological polar surface area (TPSA) is 78.9 Å². The van der Waals surface area contributed by atoms with Crippen molar-refractivity contribution in [3.63, 3.8) is 0 Å². The highest BCUT2D eigenvalue weighted by molar-refractivity contribution is 5.83. The quantitative estimate of drug-likeness (QED) is 0.691. The number of hydrogen-bond donors (Lipinski definition) is 2. The van der Waals surface area contributed by atoms with Crippen molar-refractivity contribution in [1.82, 2.24) is 10.2 Å². The highest BCUT2D eigenvalue weighted by Gasteiger charge is 2.44. The van der Waals surface area contributed by atoms with Crippen LogP contribution in [0.2, 0.25) is 0 Å². The van der Waals surface area contributed by atoms with E-state index in [0.717, 1.165) is 19.4 Å². The maximum absolute atomic E-state index is 11.9. The molecule has 0 aromatic carbocycles. The lowest BCUT2D eigenvalue weighted by Crippen LogP contribution is -2.65. The first-order valence-electron chi connectivity index (χ1n) is 5.88. The van der Waals surface area contributed by atoms with Gasteiger partial charge in [-0.15, -0.1) is 0 Å². The van der Waals surface area contributed by atoms with Gasteiger partial charge in [-0.05, 0) is 26.3 Å². The van der Waals surface area contributed by atoms with Crippen molar-refractivity contribution >= 4 is 11.9 Å². The smallest absolute Gasteiger partial charge is 0.329 e. The summed E-state index contributed by atoms with van der Waals surface area (Å²) in [4.78, 5) is 24.1.